The van der Waals surface area contributed by atoms with Crippen molar-refractivity contribution in [1.82, 2.24) is 10.3 Å². The summed E-state index contributed by atoms with van der Waals surface area (Å²) in [7, 11) is 0. The first-order valence-corrected chi connectivity index (χ1v) is 6.63. The van der Waals surface area contributed by atoms with E-state index in [1.165, 1.54) is 5.56 Å². The van der Waals surface area contributed by atoms with Crippen LogP contribution in [-0.2, 0) is 4.79 Å². The monoisotopic (exact) mass is 247 g/mol. The predicted octanol–water partition coefficient (Wildman–Crippen LogP) is 2.14. The molecule has 1 fully saturated rings. The zero-order valence-corrected chi connectivity index (χ0v) is 11.1. The van der Waals surface area contributed by atoms with Crippen molar-refractivity contribution in [2.75, 3.05) is 18.4 Å². The maximum Gasteiger partial charge on any atom is 0.226 e. The van der Waals surface area contributed by atoms with Gasteiger partial charge < -0.3 is 10.6 Å². The average molecular weight is 247 g/mol. The topological polar surface area (TPSA) is 54.0 Å². The summed E-state index contributed by atoms with van der Waals surface area (Å²) in [5.74, 6) is 0.599. The molecular weight excluding hydrogens is 226 g/mol. The molecule has 4 nitrogen and oxygen atoms in total. The molecule has 2 heterocycles. The number of carbonyl (C=O) groups is 1. The highest BCUT2D eigenvalue weighted by Gasteiger charge is 2.16. The van der Waals surface area contributed by atoms with Crippen LogP contribution in [0, 0.1) is 5.92 Å². The molecule has 0 radical (unpaired) electrons. The fourth-order valence-corrected chi connectivity index (χ4v) is 2.19. The van der Waals surface area contributed by atoms with Crippen molar-refractivity contribution < 1.29 is 4.79 Å². The molecule has 1 amide bonds. The number of carbonyl (C=O) groups excluding carboxylic acids is 1. The lowest BCUT2D eigenvalue weighted by molar-refractivity contribution is -0.118. The number of hydrogen-bond acceptors (Lipinski definition) is 3. The van der Waals surface area contributed by atoms with Crippen LogP contribution < -0.4 is 10.6 Å². The molecule has 0 aromatic carbocycles. The van der Waals surface area contributed by atoms with Crippen LogP contribution in [0.4, 0.5) is 5.69 Å². The highest BCUT2D eigenvalue weighted by Crippen LogP contribution is 2.26. The third kappa shape index (κ3) is 3.29. The van der Waals surface area contributed by atoms with E-state index < -0.39 is 0 Å². The molecule has 0 bridgehead atoms. The number of nitrogens with zero attached hydrogens (tertiary/aromatic N) is 1. The number of pyridine rings is 1. The molecule has 0 atom stereocenters. The van der Waals surface area contributed by atoms with Gasteiger partial charge in [-0.1, -0.05) is 13.8 Å². The van der Waals surface area contributed by atoms with E-state index in [-0.39, 0.29) is 11.8 Å². The third-order valence-corrected chi connectivity index (χ3v) is 3.36. The maximum absolute atomic E-state index is 11.7. The quantitative estimate of drug-likeness (QED) is 0.860. The Morgan fingerprint density at radius 1 is 1.39 bits per heavy atom. The Morgan fingerprint density at radius 2 is 2.11 bits per heavy atom. The number of amides is 1. The normalized spacial score (nSPS) is 16.8. The van der Waals surface area contributed by atoms with E-state index in [2.05, 4.69) is 21.7 Å². The third-order valence-electron chi connectivity index (χ3n) is 3.36. The van der Waals surface area contributed by atoms with Crippen molar-refractivity contribution in [3.63, 3.8) is 0 Å². The molecule has 4 heteroatoms. The van der Waals surface area contributed by atoms with Crippen LogP contribution in [0.3, 0.4) is 0 Å². The predicted molar refractivity (Wildman–Crippen MR) is 72.5 cm³/mol. The van der Waals surface area contributed by atoms with E-state index in [0.717, 1.165) is 31.6 Å². The largest absolute Gasteiger partial charge is 0.324 e. The summed E-state index contributed by atoms with van der Waals surface area (Å²) in [4.78, 5) is 15.9. The van der Waals surface area contributed by atoms with Crippen molar-refractivity contribution in [3.05, 3.63) is 24.0 Å². The van der Waals surface area contributed by atoms with Crippen LogP contribution >= 0.6 is 0 Å². The second-order valence-electron chi connectivity index (χ2n) is 5.18. The average Bonchev–Trinajstić information content (AvgIpc) is 2.40. The first-order chi connectivity index (χ1) is 8.66. The molecule has 0 saturated carbocycles. The van der Waals surface area contributed by atoms with Crippen LogP contribution in [0.5, 0.6) is 0 Å². The van der Waals surface area contributed by atoms with Crippen LogP contribution in [0.1, 0.15) is 38.2 Å². The minimum Gasteiger partial charge on any atom is -0.324 e. The van der Waals surface area contributed by atoms with Gasteiger partial charge in [0.1, 0.15) is 0 Å². The highest BCUT2D eigenvalue weighted by molar-refractivity contribution is 5.91. The Morgan fingerprint density at radius 3 is 2.78 bits per heavy atom. The Labute approximate surface area is 108 Å². The molecule has 0 aliphatic carbocycles. The molecule has 2 N–H and O–H groups in total. The van der Waals surface area contributed by atoms with Gasteiger partial charge >= 0.3 is 0 Å². The molecule has 0 spiro atoms. The Kier molecular flexibility index (Phi) is 4.31. The molecule has 1 aliphatic heterocycles. The van der Waals surface area contributed by atoms with Gasteiger partial charge in [-0.05, 0) is 43.5 Å². The van der Waals surface area contributed by atoms with Crippen molar-refractivity contribution in [1.29, 1.82) is 0 Å². The van der Waals surface area contributed by atoms with Crippen LogP contribution in [-0.4, -0.2) is 24.0 Å². The van der Waals surface area contributed by atoms with Gasteiger partial charge in [-0.2, -0.15) is 0 Å². The molecule has 1 aliphatic rings. The SMILES string of the molecule is CC(C)C(=O)Nc1cncc(C2CCNCC2)c1. The van der Waals surface area contributed by atoms with E-state index in [9.17, 15) is 4.79 Å². The maximum atomic E-state index is 11.7. The van der Waals surface area contributed by atoms with E-state index in [1.54, 1.807) is 6.20 Å². The summed E-state index contributed by atoms with van der Waals surface area (Å²) in [5, 5.41) is 6.26. The van der Waals surface area contributed by atoms with Gasteiger partial charge in [-0.3, -0.25) is 9.78 Å². The van der Waals surface area contributed by atoms with Gasteiger partial charge in [0.25, 0.3) is 0 Å². The van der Waals surface area contributed by atoms with Crippen molar-refractivity contribution in [3.8, 4) is 0 Å². The van der Waals surface area contributed by atoms with E-state index >= 15 is 0 Å². The number of rotatable bonds is 3. The van der Waals surface area contributed by atoms with Crippen LogP contribution in [0.15, 0.2) is 18.5 Å². The fraction of sp³-hybridized carbons (Fsp3) is 0.571. The first-order valence-electron chi connectivity index (χ1n) is 6.63. The summed E-state index contributed by atoms with van der Waals surface area (Å²) >= 11 is 0. The summed E-state index contributed by atoms with van der Waals surface area (Å²) < 4.78 is 0. The summed E-state index contributed by atoms with van der Waals surface area (Å²) in [6.45, 7) is 5.90. The molecule has 1 saturated heterocycles. The van der Waals surface area contributed by atoms with Crippen molar-refractivity contribution in [2.24, 2.45) is 5.92 Å². The van der Waals surface area contributed by atoms with Gasteiger partial charge in [0.05, 0.1) is 11.9 Å². The molecule has 1 aromatic heterocycles. The molecule has 1 aromatic rings. The molecular formula is C14H21N3O. The van der Waals surface area contributed by atoms with Gasteiger partial charge in [0.2, 0.25) is 5.91 Å². The van der Waals surface area contributed by atoms with Gasteiger partial charge in [-0.15, -0.1) is 0 Å². The lowest BCUT2D eigenvalue weighted by Gasteiger charge is -2.23. The number of aromatic nitrogens is 1. The lowest BCUT2D eigenvalue weighted by Crippen LogP contribution is -2.26. The summed E-state index contributed by atoms with van der Waals surface area (Å²) in [6.07, 6.45) is 5.92. The molecule has 18 heavy (non-hydrogen) atoms. The number of nitrogens with one attached hydrogen (secondary N) is 2. The second kappa shape index (κ2) is 5.96. The number of anilines is 1. The zero-order valence-electron chi connectivity index (χ0n) is 11.1. The number of hydrogen-bond donors (Lipinski definition) is 2. The first kappa shape index (κ1) is 13.0. The molecule has 98 valence electrons. The molecule has 0 unspecified atom stereocenters. The van der Waals surface area contributed by atoms with Crippen molar-refractivity contribution >= 4 is 11.6 Å². The van der Waals surface area contributed by atoms with Gasteiger partial charge in [-0.25, -0.2) is 0 Å². The van der Waals surface area contributed by atoms with E-state index in [0.29, 0.717) is 5.92 Å². The standard InChI is InChI=1S/C14H21N3O/c1-10(2)14(18)17-13-7-12(8-16-9-13)11-3-5-15-6-4-11/h7-11,15H,3-6H2,1-2H3,(H,17,18). The van der Waals surface area contributed by atoms with Crippen LogP contribution in [0.25, 0.3) is 0 Å². The Hall–Kier alpha value is -1.42. The van der Waals surface area contributed by atoms with E-state index in [4.69, 9.17) is 0 Å². The van der Waals surface area contributed by atoms with Gasteiger partial charge in [0, 0.05) is 12.1 Å². The summed E-state index contributed by atoms with van der Waals surface area (Å²) in [5.41, 5.74) is 2.04. The fourth-order valence-electron chi connectivity index (χ4n) is 2.19. The van der Waals surface area contributed by atoms with E-state index in [1.807, 2.05) is 20.0 Å². The Bertz CT molecular complexity index is 411. The summed E-state index contributed by atoms with van der Waals surface area (Å²) in [6, 6.07) is 2.06. The highest BCUT2D eigenvalue weighted by atomic mass is 16.1. The Balaban J connectivity index is 2.07. The van der Waals surface area contributed by atoms with Crippen molar-refractivity contribution in [2.45, 2.75) is 32.6 Å². The molecule has 2 rings (SSSR count). The van der Waals surface area contributed by atoms with Crippen LogP contribution in [0.2, 0.25) is 0 Å². The minimum atomic E-state index is -0.00691. The number of piperidine rings is 1. The smallest absolute Gasteiger partial charge is 0.226 e. The van der Waals surface area contributed by atoms with Gasteiger partial charge in [0.15, 0.2) is 0 Å². The minimum absolute atomic E-state index is 0.00691. The zero-order chi connectivity index (χ0) is 13.0. The second-order valence-corrected chi connectivity index (χ2v) is 5.18. The lowest BCUT2D eigenvalue weighted by atomic mass is 9.91.